The van der Waals surface area contributed by atoms with E-state index in [4.69, 9.17) is 0 Å². The summed E-state index contributed by atoms with van der Waals surface area (Å²) >= 11 is 0. The van der Waals surface area contributed by atoms with Crippen molar-refractivity contribution in [2.45, 2.75) is 61.8 Å². The highest BCUT2D eigenvalue weighted by Gasteiger charge is 2.53. The van der Waals surface area contributed by atoms with Gasteiger partial charge in [0.2, 0.25) is 0 Å². The van der Waals surface area contributed by atoms with Crippen molar-refractivity contribution in [3.05, 3.63) is 101 Å². The van der Waals surface area contributed by atoms with E-state index in [1.54, 1.807) is 47.0 Å². The lowest BCUT2D eigenvalue weighted by molar-refractivity contribution is -0.137. The van der Waals surface area contributed by atoms with Gasteiger partial charge in [0.1, 0.15) is 5.82 Å². The molecule has 2 aromatic heterocycles. The maximum Gasteiger partial charge on any atom is 0.416 e. The normalized spacial score (nSPS) is 22.8. The number of fused-ring (bicyclic) bond motifs is 2. The van der Waals surface area contributed by atoms with Gasteiger partial charge in [0.05, 0.1) is 38.3 Å². The molecule has 0 saturated heterocycles. The second-order valence-corrected chi connectivity index (χ2v) is 14.4. The van der Waals surface area contributed by atoms with Gasteiger partial charge in [0.15, 0.2) is 10.8 Å². The quantitative estimate of drug-likeness (QED) is 0.136. The van der Waals surface area contributed by atoms with E-state index >= 15 is 0 Å². The standard InChI is InChI=1S/C33H31F4N5O2S/c1-40-15-14-30(39-40)45(2,44)42(27-12-13-27)28-9-6-23-17-29-22(20-38-41(29)26-10-7-25(34)8-11-26)18-32(23,19-28)31(43)21-4-3-5-24(16-21)33(35,36)37/h3-5,7-8,10-11,14-17,20,27-28H,2,6,9,12-13,18-19H2,1H3/t28-,32-,45?/m0/s1. The van der Waals surface area contributed by atoms with E-state index in [9.17, 15) is 26.6 Å². The van der Waals surface area contributed by atoms with Crippen LogP contribution in [0.25, 0.3) is 11.8 Å². The highest BCUT2D eigenvalue weighted by molar-refractivity contribution is 7.98. The van der Waals surface area contributed by atoms with Gasteiger partial charge in [-0.3, -0.25) is 9.48 Å². The van der Waals surface area contributed by atoms with Gasteiger partial charge in [0.25, 0.3) is 0 Å². The number of carbonyl (C=O) groups excluding carboxylic acids is 1. The monoisotopic (exact) mass is 637 g/mol. The number of halogens is 4. The van der Waals surface area contributed by atoms with Crippen LogP contribution in [0.2, 0.25) is 0 Å². The molecule has 1 unspecified atom stereocenters. The molecule has 0 radical (unpaired) electrons. The smallest absolute Gasteiger partial charge is 0.293 e. The first kappa shape index (κ1) is 29.7. The number of allylic oxidation sites excluding steroid dienone is 1. The molecule has 0 bridgehead atoms. The van der Waals surface area contributed by atoms with Crippen molar-refractivity contribution >= 4 is 27.4 Å². The van der Waals surface area contributed by atoms with Crippen molar-refractivity contribution in [1.29, 1.82) is 0 Å². The first-order chi connectivity index (χ1) is 21.4. The number of nitrogens with zero attached hydrogens (tertiary/aromatic N) is 5. The topological polar surface area (TPSA) is 73.0 Å². The van der Waals surface area contributed by atoms with Crippen LogP contribution in [0.4, 0.5) is 17.6 Å². The molecule has 2 fully saturated rings. The molecule has 3 aliphatic rings. The molecule has 7 rings (SSSR count). The maximum atomic E-state index is 14.6. The fraction of sp³-hybridized carbons (Fsp3) is 0.333. The van der Waals surface area contributed by atoms with Crippen LogP contribution in [0, 0.1) is 11.2 Å². The number of rotatable bonds is 7. The highest BCUT2D eigenvalue weighted by Crippen LogP contribution is 2.53. The summed E-state index contributed by atoms with van der Waals surface area (Å²) in [6, 6.07) is 11.9. The molecule has 45 heavy (non-hydrogen) atoms. The van der Waals surface area contributed by atoms with Crippen molar-refractivity contribution in [3.8, 4) is 5.69 Å². The van der Waals surface area contributed by atoms with Gasteiger partial charge < -0.3 is 0 Å². The molecular formula is C33H31F4N5O2S. The summed E-state index contributed by atoms with van der Waals surface area (Å²) in [5.41, 5.74) is 0.832. The Balaban J connectivity index is 1.33. The molecule has 234 valence electrons. The highest BCUT2D eigenvalue weighted by atomic mass is 32.2. The maximum absolute atomic E-state index is 14.6. The first-order valence-electron chi connectivity index (χ1n) is 14.8. The molecule has 4 aromatic rings. The Bertz CT molecular complexity index is 1940. The molecule has 2 heterocycles. The molecule has 3 atom stereocenters. The number of ketones is 1. The van der Waals surface area contributed by atoms with Gasteiger partial charge in [-0.05, 0) is 98.5 Å². The summed E-state index contributed by atoms with van der Waals surface area (Å²) in [5.74, 6) is 3.36. The first-order valence-corrected chi connectivity index (χ1v) is 16.5. The van der Waals surface area contributed by atoms with Gasteiger partial charge in [0, 0.05) is 30.9 Å². The van der Waals surface area contributed by atoms with Crippen LogP contribution < -0.4 is 0 Å². The molecule has 0 amide bonds. The van der Waals surface area contributed by atoms with Gasteiger partial charge in [-0.2, -0.15) is 23.4 Å². The van der Waals surface area contributed by atoms with Crippen LogP contribution in [-0.4, -0.2) is 51.8 Å². The van der Waals surface area contributed by atoms with Crippen molar-refractivity contribution in [2.75, 3.05) is 0 Å². The molecule has 0 spiro atoms. The van der Waals surface area contributed by atoms with E-state index in [0.29, 0.717) is 23.6 Å². The lowest BCUT2D eigenvalue weighted by Crippen LogP contribution is -2.51. The number of aryl methyl sites for hydroxylation is 1. The number of hydrogen-bond donors (Lipinski definition) is 0. The lowest BCUT2D eigenvalue weighted by Gasteiger charge is -2.47. The molecule has 0 N–H and O–H groups in total. The summed E-state index contributed by atoms with van der Waals surface area (Å²) in [5, 5.41) is 9.32. The van der Waals surface area contributed by atoms with Crippen LogP contribution in [0.15, 0.2) is 77.6 Å². The average Bonchev–Trinajstić information content (AvgIpc) is 3.59. The fourth-order valence-corrected chi connectivity index (χ4v) is 9.08. The van der Waals surface area contributed by atoms with Crippen LogP contribution in [0.1, 0.15) is 59.3 Å². The molecule has 2 saturated carbocycles. The van der Waals surface area contributed by atoms with E-state index in [1.165, 1.54) is 24.3 Å². The van der Waals surface area contributed by atoms with Gasteiger partial charge >= 0.3 is 6.18 Å². The molecule has 7 nitrogen and oxygen atoms in total. The molecule has 12 heteroatoms. The summed E-state index contributed by atoms with van der Waals surface area (Å²) in [6.45, 7) is 0. The minimum atomic E-state index is -4.61. The van der Waals surface area contributed by atoms with Crippen LogP contribution in [-0.2, 0) is 29.4 Å². The Morgan fingerprint density at radius 3 is 2.51 bits per heavy atom. The van der Waals surface area contributed by atoms with E-state index in [0.717, 1.165) is 41.8 Å². The Labute approximate surface area is 258 Å². The van der Waals surface area contributed by atoms with Gasteiger partial charge in [-0.25, -0.2) is 17.6 Å². The SMILES string of the molecule is C=S(=O)(c1ccn(C)n1)N(C1CC1)[C@H]1CCC2=Cc3c(cnn3-c3ccc(F)cc3)C[C@]2(C(=O)c2cccc(C(F)(F)F)c2)C1. The second-order valence-electron chi connectivity index (χ2n) is 12.2. The predicted octanol–water partition coefficient (Wildman–Crippen LogP) is 6.28. The Morgan fingerprint density at radius 1 is 1.09 bits per heavy atom. The lowest BCUT2D eigenvalue weighted by atomic mass is 9.60. The molecule has 2 aromatic carbocycles. The molecule has 0 aliphatic heterocycles. The third-order valence-electron chi connectivity index (χ3n) is 9.22. The van der Waals surface area contributed by atoms with Crippen molar-refractivity contribution in [3.63, 3.8) is 0 Å². The number of hydrogen-bond acceptors (Lipinski definition) is 4. The minimum absolute atomic E-state index is 0.00798. The summed E-state index contributed by atoms with van der Waals surface area (Å²) in [4.78, 5) is 14.6. The summed E-state index contributed by atoms with van der Waals surface area (Å²) < 4.78 is 74.5. The van der Waals surface area contributed by atoms with Gasteiger partial charge in [-0.15, -0.1) is 0 Å². The predicted molar refractivity (Wildman–Crippen MR) is 163 cm³/mol. The largest absolute Gasteiger partial charge is 0.416 e. The van der Waals surface area contributed by atoms with Crippen molar-refractivity contribution in [2.24, 2.45) is 12.5 Å². The molecular weight excluding hydrogens is 606 g/mol. The Morgan fingerprint density at radius 2 is 1.84 bits per heavy atom. The van der Waals surface area contributed by atoms with E-state index in [2.05, 4.69) is 16.1 Å². The summed E-state index contributed by atoms with van der Waals surface area (Å²) in [7, 11) is -1.28. The zero-order chi connectivity index (χ0) is 31.7. The van der Waals surface area contributed by atoms with Crippen molar-refractivity contribution < 1.29 is 26.6 Å². The van der Waals surface area contributed by atoms with Crippen LogP contribution in [0.5, 0.6) is 0 Å². The molecule has 3 aliphatic carbocycles. The van der Waals surface area contributed by atoms with E-state index in [-0.39, 0.29) is 36.3 Å². The van der Waals surface area contributed by atoms with Gasteiger partial charge in [-0.1, -0.05) is 17.7 Å². The number of aromatic nitrogens is 4. The second kappa shape index (κ2) is 10.5. The Kier molecular flexibility index (Phi) is 6.93. The third kappa shape index (κ3) is 5.13. The fourth-order valence-electron chi connectivity index (χ4n) is 6.98. The number of carbonyl (C=O) groups is 1. The zero-order valence-electron chi connectivity index (χ0n) is 24.5. The van der Waals surface area contributed by atoms with E-state index < -0.39 is 32.6 Å². The van der Waals surface area contributed by atoms with E-state index in [1.807, 2.05) is 10.4 Å². The van der Waals surface area contributed by atoms with Crippen LogP contribution >= 0.6 is 0 Å². The van der Waals surface area contributed by atoms with Crippen LogP contribution in [0.3, 0.4) is 0 Å². The Hall–Kier alpha value is -4.03. The third-order valence-corrected chi connectivity index (χ3v) is 11.4. The zero-order valence-corrected chi connectivity index (χ0v) is 25.3. The number of Topliss-reactive ketones (excluding diaryl/α,β-unsaturated/α-hetero) is 1. The minimum Gasteiger partial charge on any atom is -0.293 e. The number of alkyl halides is 3. The number of benzene rings is 2. The summed E-state index contributed by atoms with van der Waals surface area (Å²) in [6.07, 6.45) is 3.86. The average molecular weight is 638 g/mol. The van der Waals surface area contributed by atoms with Crippen molar-refractivity contribution in [1.82, 2.24) is 23.9 Å².